The van der Waals surface area contributed by atoms with Crippen molar-refractivity contribution in [3.05, 3.63) is 65.8 Å². The predicted molar refractivity (Wildman–Crippen MR) is 96.0 cm³/mol. The molecule has 0 fully saturated rings. The third-order valence-electron chi connectivity index (χ3n) is 4.11. The molecular formula is C21H22O. The molecule has 0 radical (unpaired) electrons. The highest BCUT2D eigenvalue weighted by atomic mass is 16.3. The van der Waals surface area contributed by atoms with E-state index in [0.29, 0.717) is 0 Å². The summed E-state index contributed by atoms with van der Waals surface area (Å²) in [7, 11) is 0. The molecule has 0 atom stereocenters. The van der Waals surface area contributed by atoms with Gasteiger partial charge in [-0.1, -0.05) is 68.0 Å². The Bertz CT molecular complexity index is 862. The first kappa shape index (κ1) is 14.6. The smallest absolute Gasteiger partial charge is 0.142 e. The fourth-order valence-corrected chi connectivity index (χ4v) is 2.97. The van der Waals surface area contributed by atoms with E-state index in [1.54, 1.807) is 0 Å². The maximum Gasteiger partial charge on any atom is 0.142 e. The van der Waals surface area contributed by atoms with Gasteiger partial charge in [0.1, 0.15) is 11.2 Å². The van der Waals surface area contributed by atoms with Crippen molar-refractivity contribution in [2.24, 2.45) is 0 Å². The SMILES string of the molecule is CC.CC1=CC=C(c2cccc3c2oc2ccccc23)CC1. The number of benzene rings is 2. The van der Waals surface area contributed by atoms with Crippen LogP contribution in [0.5, 0.6) is 0 Å². The standard InChI is InChI=1S/C19H16O.C2H6/c1-13-9-11-14(12-10-13)15-6-4-7-17-16-5-2-3-8-18(16)20-19(15)17;1-2/h2-9,11H,10,12H2,1H3;1-2H3. The lowest BCUT2D eigenvalue weighted by molar-refractivity contribution is 0.667. The second-order valence-corrected chi connectivity index (χ2v) is 5.49. The summed E-state index contributed by atoms with van der Waals surface area (Å²) in [6.07, 6.45) is 6.70. The van der Waals surface area contributed by atoms with Crippen LogP contribution in [0.3, 0.4) is 0 Å². The van der Waals surface area contributed by atoms with Crippen molar-refractivity contribution in [2.75, 3.05) is 0 Å². The van der Waals surface area contributed by atoms with Gasteiger partial charge in [-0.3, -0.25) is 0 Å². The van der Waals surface area contributed by atoms with Crippen LogP contribution in [0, 0.1) is 0 Å². The average molecular weight is 290 g/mol. The summed E-state index contributed by atoms with van der Waals surface area (Å²) in [6.45, 7) is 6.19. The van der Waals surface area contributed by atoms with Crippen molar-refractivity contribution in [1.29, 1.82) is 0 Å². The zero-order valence-electron chi connectivity index (χ0n) is 13.5. The molecule has 0 aliphatic heterocycles. The minimum absolute atomic E-state index is 0.970. The van der Waals surface area contributed by atoms with Crippen LogP contribution in [0.2, 0.25) is 0 Å². The van der Waals surface area contributed by atoms with Gasteiger partial charge in [-0.05, 0) is 31.4 Å². The summed E-state index contributed by atoms with van der Waals surface area (Å²) in [5.41, 5.74) is 6.05. The number of allylic oxidation sites excluding steroid dienone is 4. The van der Waals surface area contributed by atoms with Crippen molar-refractivity contribution in [3.8, 4) is 0 Å². The molecule has 1 heterocycles. The van der Waals surface area contributed by atoms with Crippen LogP contribution >= 0.6 is 0 Å². The van der Waals surface area contributed by atoms with Crippen LogP contribution in [0.15, 0.2) is 64.6 Å². The summed E-state index contributed by atoms with van der Waals surface area (Å²) in [5.74, 6) is 0. The van der Waals surface area contributed by atoms with Crippen molar-refractivity contribution >= 4 is 27.5 Å². The van der Waals surface area contributed by atoms with Crippen molar-refractivity contribution in [3.63, 3.8) is 0 Å². The van der Waals surface area contributed by atoms with Crippen LogP contribution in [0.25, 0.3) is 27.5 Å². The average Bonchev–Trinajstić information content (AvgIpc) is 2.96. The lowest BCUT2D eigenvalue weighted by Crippen LogP contribution is -1.91. The van der Waals surface area contributed by atoms with E-state index >= 15 is 0 Å². The topological polar surface area (TPSA) is 13.1 Å². The molecule has 1 heteroatoms. The molecule has 0 spiro atoms. The minimum Gasteiger partial charge on any atom is -0.455 e. The fraction of sp³-hybridized carbons (Fsp3) is 0.238. The van der Waals surface area contributed by atoms with E-state index in [4.69, 9.17) is 4.42 Å². The van der Waals surface area contributed by atoms with E-state index in [2.05, 4.69) is 49.4 Å². The highest BCUT2D eigenvalue weighted by molar-refractivity contribution is 6.08. The first-order chi connectivity index (χ1) is 10.8. The Labute approximate surface area is 131 Å². The first-order valence-corrected chi connectivity index (χ1v) is 8.10. The molecule has 112 valence electrons. The Morgan fingerprint density at radius 2 is 1.59 bits per heavy atom. The van der Waals surface area contributed by atoms with Crippen molar-refractivity contribution in [2.45, 2.75) is 33.6 Å². The monoisotopic (exact) mass is 290 g/mol. The number of hydrogen-bond donors (Lipinski definition) is 0. The van der Waals surface area contributed by atoms with Gasteiger partial charge >= 0.3 is 0 Å². The maximum absolute atomic E-state index is 6.10. The fourth-order valence-electron chi connectivity index (χ4n) is 2.97. The molecule has 0 N–H and O–H groups in total. The maximum atomic E-state index is 6.10. The molecular weight excluding hydrogens is 268 g/mol. The minimum atomic E-state index is 0.970. The van der Waals surface area contributed by atoms with E-state index in [1.807, 2.05) is 26.0 Å². The molecule has 22 heavy (non-hydrogen) atoms. The van der Waals surface area contributed by atoms with Gasteiger partial charge in [0, 0.05) is 16.3 Å². The van der Waals surface area contributed by atoms with Gasteiger partial charge in [0.05, 0.1) is 0 Å². The van der Waals surface area contributed by atoms with E-state index in [1.165, 1.54) is 27.5 Å². The molecule has 1 aliphatic rings. The number of para-hydroxylation sites is 2. The quantitative estimate of drug-likeness (QED) is 0.484. The van der Waals surface area contributed by atoms with E-state index in [-0.39, 0.29) is 0 Å². The molecule has 0 amide bonds. The largest absolute Gasteiger partial charge is 0.455 e. The molecule has 1 nitrogen and oxygen atoms in total. The number of fused-ring (bicyclic) bond motifs is 3. The van der Waals surface area contributed by atoms with E-state index in [0.717, 1.165) is 24.0 Å². The second kappa shape index (κ2) is 6.23. The zero-order chi connectivity index (χ0) is 15.5. The van der Waals surface area contributed by atoms with Gasteiger partial charge < -0.3 is 4.42 Å². The highest BCUT2D eigenvalue weighted by Crippen LogP contribution is 2.36. The second-order valence-electron chi connectivity index (χ2n) is 5.49. The lowest BCUT2D eigenvalue weighted by Gasteiger charge is -2.12. The number of hydrogen-bond acceptors (Lipinski definition) is 1. The molecule has 4 rings (SSSR count). The molecule has 0 saturated heterocycles. The van der Waals surface area contributed by atoms with Crippen molar-refractivity contribution in [1.82, 2.24) is 0 Å². The normalized spacial score (nSPS) is 14.3. The molecule has 1 aromatic heterocycles. The predicted octanol–water partition coefficient (Wildman–Crippen LogP) is 6.74. The van der Waals surface area contributed by atoms with Gasteiger partial charge in [0.25, 0.3) is 0 Å². The third kappa shape index (κ3) is 2.48. The van der Waals surface area contributed by atoms with Crippen LogP contribution in [0.4, 0.5) is 0 Å². The zero-order valence-corrected chi connectivity index (χ0v) is 13.5. The van der Waals surface area contributed by atoms with Crippen LogP contribution in [-0.4, -0.2) is 0 Å². The van der Waals surface area contributed by atoms with Crippen LogP contribution in [-0.2, 0) is 0 Å². The van der Waals surface area contributed by atoms with Crippen LogP contribution in [0.1, 0.15) is 39.2 Å². The highest BCUT2D eigenvalue weighted by Gasteiger charge is 2.14. The Morgan fingerprint density at radius 3 is 2.36 bits per heavy atom. The molecule has 0 bridgehead atoms. The van der Waals surface area contributed by atoms with Gasteiger partial charge in [0.2, 0.25) is 0 Å². The number of furan rings is 1. The summed E-state index contributed by atoms with van der Waals surface area (Å²) in [6, 6.07) is 14.7. The lowest BCUT2D eigenvalue weighted by atomic mass is 9.93. The summed E-state index contributed by atoms with van der Waals surface area (Å²) in [5, 5.41) is 2.41. The summed E-state index contributed by atoms with van der Waals surface area (Å²) >= 11 is 0. The molecule has 1 aliphatic carbocycles. The summed E-state index contributed by atoms with van der Waals surface area (Å²) in [4.78, 5) is 0. The Morgan fingerprint density at radius 1 is 0.818 bits per heavy atom. The third-order valence-corrected chi connectivity index (χ3v) is 4.11. The Kier molecular flexibility index (Phi) is 4.15. The molecule has 0 saturated carbocycles. The van der Waals surface area contributed by atoms with Gasteiger partial charge in [-0.15, -0.1) is 0 Å². The van der Waals surface area contributed by atoms with Crippen molar-refractivity contribution < 1.29 is 4.42 Å². The molecule has 2 aromatic carbocycles. The van der Waals surface area contributed by atoms with Gasteiger partial charge in [-0.25, -0.2) is 0 Å². The molecule has 3 aromatic rings. The Balaban J connectivity index is 0.000000693. The number of rotatable bonds is 1. The van der Waals surface area contributed by atoms with E-state index < -0.39 is 0 Å². The van der Waals surface area contributed by atoms with Crippen LogP contribution < -0.4 is 0 Å². The first-order valence-electron chi connectivity index (χ1n) is 8.10. The van der Waals surface area contributed by atoms with Gasteiger partial charge in [-0.2, -0.15) is 0 Å². The van der Waals surface area contributed by atoms with Gasteiger partial charge in [0.15, 0.2) is 0 Å². The van der Waals surface area contributed by atoms with E-state index in [9.17, 15) is 0 Å². The molecule has 0 unspecified atom stereocenters. The summed E-state index contributed by atoms with van der Waals surface area (Å²) < 4.78 is 6.10. The Hall–Kier alpha value is -2.28.